The molecule has 0 aromatic heterocycles. The zero-order valence-corrected chi connectivity index (χ0v) is 41.5. The summed E-state index contributed by atoms with van der Waals surface area (Å²) in [6.07, 6.45) is 0.388. The summed E-state index contributed by atoms with van der Waals surface area (Å²) in [5, 5.41) is 11.5. The topological polar surface area (TPSA) is 153 Å². The maximum atomic E-state index is 13.0. The van der Waals surface area contributed by atoms with Crippen molar-refractivity contribution in [2.45, 2.75) is 68.2 Å². The third-order valence-electron chi connectivity index (χ3n) is 10.6. The number of carbonyl (C=O) groups excluding carboxylic acids is 4. The van der Waals surface area contributed by atoms with Crippen molar-refractivity contribution >= 4 is 69.5 Å². The molecule has 2 aliphatic rings. The van der Waals surface area contributed by atoms with Gasteiger partial charge < -0.3 is 38.3 Å². The lowest BCUT2D eigenvalue weighted by molar-refractivity contribution is -0.142. The number of hydrogen-bond donors (Lipinski definition) is 1. The number of aliphatic hydroxyl groups excluding tert-OH is 1. The highest BCUT2D eigenvalue weighted by Gasteiger charge is 2.42. The number of ether oxygens (including phenoxy) is 7. The quantitative estimate of drug-likeness (QED) is 0.0522. The van der Waals surface area contributed by atoms with Crippen LogP contribution >= 0.6 is 34.8 Å². The predicted octanol–water partition coefficient (Wildman–Crippen LogP) is 12.9. The van der Waals surface area contributed by atoms with Crippen LogP contribution < -0.4 is 0 Å². The summed E-state index contributed by atoms with van der Waals surface area (Å²) in [5.74, 6) is -0.895. The number of halogens is 3. The minimum absolute atomic E-state index is 0.0350. The van der Waals surface area contributed by atoms with E-state index in [9.17, 15) is 24.3 Å². The van der Waals surface area contributed by atoms with Gasteiger partial charge in [0.05, 0.1) is 24.0 Å². The maximum Gasteiger partial charge on any atom is 0.513 e. The van der Waals surface area contributed by atoms with Crippen LogP contribution in [0.5, 0.6) is 0 Å². The Bertz CT molecular complexity index is 2410. The Morgan fingerprint density at radius 3 is 1.49 bits per heavy atom. The Labute approximate surface area is 408 Å². The lowest BCUT2D eigenvalue weighted by Crippen LogP contribution is -2.34. The van der Waals surface area contributed by atoms with Crippen LogP contribution in [0.25, 0.3) is 33.4 Å². The number of aryl methyl sites for hydroxylation is 2. The third-order valence-corrected chi connectivity index (χ3v) is 11.3. The second-order valence-corrected chi connectivity index (χ2v) is 17.6. The smallest absolute Gasteiger partial charge is 0.511 e. The minimum atomic E-state index is -0.903. The molecule has 4 aromatic rings. The van der Waals surface area contributed by atoms with E-state index < -0.39 is 34.4 Å². The first-order valence-corrected chi connectivity index (χ1v) is 23.1. The molecule has 0 saturated carbocycles. The molecule has 1 N–H and O–H groups in total. The van der Waals surface area contributed by atoms with Gasteiger partial charge in [0.1, 0.15) is 49.1 Å². The lowest BCUT2D eigenvalue weighted by Gasteiger charge is -2.33. The molecule has 0 saturated heterocycles. The van der Waals surface area contributed by atoms with Crippen molar-refractivity contribution in [1.29, 1.82) is 0 Å². The fourth-order valence-corrected chi connectivity index (χ4v) is 7.81. The normalized spacial score (nSPS) is 15.0. The predicted molar refractivity (Wildman–Crippen MR) is 261 cm³/mol. The van der Waals surface area contributed by atoms with Gasteiger partial charge in [-0.15, -0.1) is 0 Å². The lowest BCUT2D eigenvalue weighted by atomic mass is 9.83. The SMILES string of the molecule is CCOCCOC(=O)Cl.CCOCCOC(=O)OC1=C(c2c(Cl)cc(-c3ccccc3)cc2CC)C(=O)OCC1(C)C.CCc1cc(-c2ccccc2)cc(Cl)c1C1=C(O)C(C)(C)COC1=O. The molecular formula is C52H59Cl3O12. The van der Waals surface area contributed by atoms with E-state index in [1.807, 2.05) is 140 Å². The molecule has 0 bridgehead atoms. The maximum absolute atomic E-state index is 13.0. The van der Waals surface area contributed by atoms with Gasteiger partial charge >= 0.3 is 23.5 Å². The van der Waals surface area contributed by atoms with Gasteiger partial charge in [0.2, 0.25) is 0 Å². The van der Waals surface area contributed by atoms with E-state index in [1.54, 1.807) is 0 Å². The Kier molecular flexibility index (Phi) is 20.8. The van der Waals surface area contributed by atoms with Gasteiger partial charge in [-0.25, -0.2) is 19.2 Å². The van der Waals surface area contributed by atoms with Crippen LogP contribution in [0.4, 0.5) is 9.59 Å². The molecule has 2 aliphatic heterocycles. The zero-order valence-electron chi connectivity index (χ0n) is 39.2. The van der Waals surface area contributed by atoms with Crippen LogP contribution in [-0.4, -0.2) is 81.5 Å². The molecule has 4 aromatic carbocycles. The Balaban J connectivity index is 0.000000253. The average molecular weight is 982 g/mol. The summed E-state index contributed by atoms with van der Waals surface area (Å²) in [6.45, 7) is 17.4. The number of rotatable bonds is 15. The Morgan fingerprint density at radius 1 is 0.612 bits per heavy atom. The number of carbonyl (C=O) groups is 4. The van der Waals surface area contributed by atoms with Crippen LogP contribution in [-0.2, 0) is 55.6 Å². The first-order valence-electron chi connectivity index (χ1n) is 22.0. The summed E-state index contributed by atoms with van der Waals surface area (Å²) in [4.78, 5) is 47.6. The number of benzene rings is 4. The molecule has 15 heteroatoms. The second-order valence-electron chi connectivity index (χ2n) is 16.5. The summed E-state index contributed by atoms with van der Waals surface area (Å²) in [5.41, 5.74) is 4.96. The first kappa shape index (κ1) is 54.2. The van der Waals surface area contributed by atoms with Gasteiger partial charge in [0, 0.05) is 46.0 Å². The number of aliphatic hydroxyl groups is 1. The molecule has 0 amide bonds. The zero-order chi connectivity index (χ0) is 49.3. The van der Waals surface area contributed by atoms with Crippen LogP contribution in [0, 0.1) is 10.8 Å². The highest BCUT2D eigenvalue weighted by molar-refractivity contribution is 6.61. The van der Waals surface area contributed by atoms with E-state index in [0.717, 1.165) is 33.4 Å². The molecule has 0 radical (unpaired) electrons. The number of esters is 2. The van der Waals surface area contributed by atoms with Crippen molar-refractivity contribution < 1.29 is 57.4 Å². The molecule has 2 heterocycles. The highest BCUT2D eigenvalue weighted by atomic mass is 35.5. The summed E-state index contributed by atoms with van der Waals surface area (Å²) in [6, 6.07) is 27.4. The fourth-order valence-electron chi connectivity index (χ4n) is 7.07. The minimum Gasteiger partial charge on any atom is -0.511 e. The molecule has 0 unspecified atom stereocenters. The van der Waals surface area contributed by atoms with Gasteiger partial charge in [0.25, 0.3) is 0 Å². The molecule has 6 rings (SSSR count). The van der Waals surface area contributed by atoms with Crippen molar-refractivity contribution in [3.8, 4) is 22.3 Å². The largest absolute Gasteiger partial charge is 0.513 e. The molecular weight excluding hydrogens is 923 g/mol. The molecule has 0 atom stereocenters. The van der Waals surface area contributed by atoms with Crippen LogP contribution in [0.15, 0.2) is 96.4 Å². The van der Waals surface area contributed by atoms with Crippen molar-refractivity contribution in [3.05, 3.63) is 129 Å². The Hall–Kier alpha value is -5.37. The molecule has 12 nitrogen and oxygen atoms in total. The van der Waals surface area contributed by atoms with Crippen LogP contribution in [0.1, 0.15) is 77.6 Å². The highest BCUT2D eigenvalue weighted by Crippen LogP contribution is 2.44. The summed E-state index contributed by atoms with van der Waals surface area (Å²) >= 11 is 18.2. The van der Waals surface area contributed by atoms with Crippen molar-refractivity contribution in [1.82, 2.24) is 0 Å². The molecule has 0 spiro atoms. The van der Waals surface area contributed by atoms with E-state index >= 15 is 0 Å². The van der Waals surface area contributed by atoms with Gasteiger partial charge in [0.15, 0.2) is 0 Å². The van der Waals surface area contributed by atoms with E-state index in [-0.39, 0.29) is 55.7 Å². The molecule has 0 aliphatic carbocycles. The second kappa shape index (κ2) is 25.7. The summed E-state index contributed by atoms with van der Waals surface area (Å²) in [7, 11) is 0. The van der Waals surface area contributed by atoms with E-state index in [2.05, 4.69) is 4.74 Å². The van der Waals surface area contributed by atoms with Crippen molar-refractivity contribution in [2.24, 2.45) is 10.8 Å². The molecule has 360 valence electrons. The standard InChI is InChI=1S/C26H29ClO6.C21H21ClO3.C5H9ClO3/c1-5-17-14-19(18-10-8-7-9-11-18)15-20(27)21(17)22-23(26(3,4)16-32-24(22)28)33-25(29)31-13-12-30-6-2;1-4-13-10-15(14-8-6-5-7-9-14)11-16(22)17(13)18-19(23)21(2,3)12-25-20(18)24;1-2-8-3-4-9-5(6)7/h7-11,14-15H,5-6,12-13,16H2,1-4H3;5-11,23H,4,12H2,1-3H3;2-4H2,1H3. The van der Waals surface area contributed by atoms with Crippen molar-refractivity contribution in [3.63, 3.8) is 0 Å². The van der Waals surface area contributed by atoms with Gasteiger partial charge in [-0.3, -0.25) is 0 Å². The monoisotopic (exact) mass is 980 g/mol. The molecule has 0 fully saturated rings. The Morgan fingerprint density at radius 2 is 1.04 bits per heavy atom. The summed E-state index contributed by atoms with van der Waals surface area (Å²) < 4.78 is 35.8. The third kappa shape index (κ3) is 14.8. The van der Waals surface area contributed by atoms with Crippen LogP contribution in [0.2, 0.25) is 10.0 Å². The average Bonchev–Trinajstić information content (AvgIpc) is 3.31. The van der Waals surface area contributed by atoms with Gasteiger partial charge in [-0.1, -0.05) is 110 Å². The van der Waals surface area contributed by atoms with E-state index in [1.165, 1.54) is 0 Å². The number of cyclic esters (lactones) is 2. The van der Waals surface area contributed by atoms with E-state index in [0.29, 0.717) is 53.8 Å². The van der Waals surface area contributed by atoms with Crippen LogP contribution in [0.3, 0.4) is 0 Å². The number of hydrogen-bond acceptors (Lipinski definition) is 12. The van der Waals surface area contributed by atoms with Crippen molar-refractivity contribution in [2.75, 3.05) is 52.9 Å². The fraction of sp³-hybridized carbons (Fsp3) is 0.385. The van der Waals surface area contributed by atoms with Gasteiger partial charge in [-0.2, -0.15) is 0 Å². The van der Waals surface area contributed by atoms with Gasteiger partial charge in [-0.05, 0) is 99.9 Å². The first-order chi connectivity index (χ1) is 31.9. The van der Waals surface area contributed by atoms with E-state index in [4.69, 9.17) is 63.2 Å². The molecule has 67 heavy (non-hydrogen) atoms.